The first-order valence-electron chi connectivity index (χ1n) is 5.63. The van der Waals surface area contributed by atoms with E-state index in [-0.39, 0.29) is 5.92 Å². The lowest BCUT2D eigenvalue weighted by Gasteiger charge is -2.20. The average molecular weight is 260 g/mol. The van der Waals surface area contributed by atoms with Gasteiger partial charge in [-0.1, -0.05) is 44.2 Å². The zero-order valence-corrected chi connectivity index (χ0v) is 10.2. The zero-order chi connectivity index (χ0) is 13.8. The summed E-state index contributed by atoms with van der Waals surface area (Å²) in [6, 6.07) is 8.45. The summed E-state index contributed by atoms with van der Waals surface area (Å²) in [5.74, 6) is -2.02. The van der Waals surface area contributed by atoms with Crippen LogP contribution in [0.5, 0.6) is 0 Å². The van der Waals surface area contributed by atoms with Gasteiger partial charge in [0.15, 0.2) is 0 Å². The first-order chi connectivity index (χ1) is 8.30. The fourth-order valence-electron chi connectivity index (χ4n) is 1.54. The van der Waals surface area contributed by atoms with Gasteiger partial charge in [0.25, 0.3) is 0 Å². The van der Waals surface area contributed by atoms with E-state index in [0.717, 1.165) is 0 Å². The molecule has 1 unspecified atom stereocenters. The molecule has 1 rings (SSSR count). The van der Waals surface area contributed by atoms with Crippen molar-refractivity contribution >= 4 is 5.97 Å². The Hall–Kier alpha value is -1.52. The molecule has 0 fully saturated rings. The molecule has 5 heteroatoms. The van der Waals surface area contributed by atoms with Gasteiger partial charge in [-0.25, -0.2) is 4.79 Å². The highest BCUT2D eigenvalue weighted by molar-refractivity contribution is 5.75. The van der Waals surface area contributed by atoms with Crippen LogP contribution in [0.2, 0.25) is 0 Å². The molecule has 0 bridgehead atoms. The Labute approximate surface area is 104 Å². The maximum atomic E-state index is 12.2. The highest BCUT2D eigenvalue weighted by Gasteiger charge is 2.42. The minimum Gasteiger partial charge on any atom is -0.451 e. The molecule has 0 radical (unpaired) electrons. The lowest BCUT2D eigenvalue weighted by atomic mass is 9.99. The molecule has 0 saturated heterocycles. The van der Waals surface area contributed by atoms with E-state index in [9.17, 15) is 18.0 Å². The first-order valence-corrected chi connectivity index (χ1v) is 5.63. The largest absolute Gasteiger partial charge is 0.490 e. The predicted octanol–water partition coefficient (Wildman–Crippen LogP) is 3.88. The summed E-state index contributed by atoms with van der Waals surface area (Å²) in [5, 5.41) is 0. The van der Waals surface area contributed by atoms with Gasteiger partial charge in [0.2, 0.25) is 0 Å². The van der Waals surface area contributed by atoms with Crippen molar-refractivity contribution in [2.45, 2.75) is 32.5 Å². The molecule has 0 amide bonds. The van der Waals surface area contributed by atoms with Crippen molar-refractivity contribution in [1.82, 2.24) is 0 Å². The number of rotatable bonds is 4. The van der Waals surface area contributed by atoms with Crippen molar-refractivity contribution < 1.29 is 22.7 Å². The molecule has 1 aromatic rings. The smallest absolute Gasteiger partial charge is 0.451 e. The van der Waals surface area contributed by atoms with Crippen molar-refractivity contribution in [3.05, 3.63) is 35.9 Å². The van der Waals surface area contributed by atoms with Crippen LogP contribution in [-0.4, -0.2) is 12.1 Å². The monoisotopic (exact) mass is 260 g/mol. The highest BCUT2D eigenvalue weighted by Crippen LogP contribution is 2.28. The van der Waals surface area contributed by atoms with Gasteiger partial charge < -0.3 is 4.74 Å². The zero-order valence-electron chi connectivity index (χ0n) is 10.2. The molecule has 18 heavy (non-hydrogen) atoms. The van der Waals surface area contributed by atoms with E-state index in [1.54, 1.807) is 30.3 Å². The number of hydrogen-bond donors (Lipinski definition) is 0. The third-order valence-corrected chi connectivity index (χ3v) is 2.34. The fourth-order valence-corrected chi connectivity index (χ4v) is 1.54. The standard InChI is InChI=1S/C13H15F3O2/c1-9(2)8-11(10-6-4-3-5-7-10)18-12(17)13(14,15)16/h3-7,9,11H,8H2,1-2H3. The number of carbonyl (C=O) groups is 1. The highest BCUT2D eigenvalue weighted by atomic mass is 19.4. The van der Waals surface area contributed by atoms with E-state index in [1.165, 1.54) is 0 Å². The van der Waals surface area contributed by atoms with Crippen LogP contribution in [0.15, 0.2) is 30.3 Å². The van der Waals surface area contributed by atoms with E-state index >= 15 is 0 Å². The van der Waals surface area contributed by atoms with Gasteiger partial charge in [0.05, 0.1) is 0 Å². The second-order valence-electron chi connectivity index (χ2n) is 4.43. The van der Waals surface area contributed by atoms with Crippen molar-refractivity contribution in [3.8, 4) is 0 Å². The van der Waals surface area contributed by atoms with Crippen molar-refractivity contribution in [2.24, 2.45) is 5.92 Å². The van der Waals surface area contributed by atoms with Crippen LogP contribution in [0.25, 0.3) is 0 Å². The normalized spacial score (nSPS) is 13.4. The van der Waals surface area contributed by atoms with Crippen molar-refractivity contribution in [3.63, 3.8) is 0 Å². The number of alkyl halides is 3. The van der Waals surface area contributed by atoms with Crippen molar-refractivity contribution in [2.75, 3.05) is 0 Å². The lowest BCUT2D eigenvalue weighted by molar-refractivity contribution is -0.206. The van der Waals surface area contributed by atoms with Crippen LogP contribution in [0.4, 0.5) is 13.2 Å². The van der Waals surface area contributed by atoms with E-state index < -0.39 is 18.2 Å². The average Bonchev–Trinajstić information content (AvgIpc) is 2.27. The van der Waals surface area contributed by atoms with Crippen LogP contribution in [-0.2, 0) is 9.53 Å². The molecule has 0 heterocycles. The molecule has 2 nitrogen and oxygen atoms in total. The molecule has 0 aliphatic carbocycles. The SMILES string of the molecule is CC(C)CC(OC(=O)C(F)(F)F)c1ccccc1. The molecule has 0 aromatic heterocycles. The third kappa shape index (κ3) is 4.39. The second-order valence-corrected chi connectivity index (χ2v) is 4.43. The summed E-state index contributed by atoms with van der Waals surface area (Å²) in [7, 11) is 0. The molecule has 0 aliphatic rings. The van der Waals surface area contributed by atoms with Crippen LogP contribution >= 0.6 is 0 Å². The summed E-state index contributed by atoms with van der Waals surface area (Å²) in [6.07, 6.45) is -5.46. The van der Waals surface area contributed by atoms with Gasteiger partial charge in [-0.3, -0.25) is 0 Å². The number of esters is 1. The third-order valence-electron chi connectivity index (χ3n) is 2.34. The summed E-state index contributed by atoms with van der Waals surface area (Å²) >= 11 is 0. The van der Waals surface area contributed by atoms with Gasteiger partial charge >= 0.3 is 12.1 Å². The Morgan fingerprint density at radius 1 is 1.22 bits per heavy atom. The molecule has 1 aromatic carbocycles. The van der Waals surface area contributed by atoms with Gasteiger partial charge in [0, 0.05) is 0 Å². The molecule has 0 aliphatic heterocycles. The molecule has 1 atom stereocenters. The van der Waals surface area contributed by atoms with E-state index in [2.05, 4.69) is 4.74 Å². The van der Waals surface area contributed by atoms with Gasteiger partial charge in [-0.05, 0) is 17.9 Å². The van der Waals surface area contributed by atoms with Crippen molar-refractivity contribution in [1.29, 1.82) is 0 Å². The Kier molecular flexibility index (Phi) is 4.76. The van der Waals surface area contributed by atoms with Gasteiger partial charge in [0.1, 0.15) is 6.10 Å². The molecular formula is C13H15F3O2. The molecule has 0 spiro atoms. The quantitative estimate of drug-likeness (QED) is 0.768. The fraction of sp³-hybridized carbons (Fsp3) is 0.462. The summed E-state index contributed by atoms with van der Waals surface area (Å²) in [4.78, 5) is 10.9. The van der Waals surface area contributed by atoms with Crippen LogP contribution in [0.3, 0.4) is 0 Å². The van der Waals surface area contributed by atoms with E-state index in [0.29, 0.717) is 12.0 Å². The van der Waals surface area contributed by atoms with Gasteiger partial charge in [-0.15, -0.1) is 0 Å². The van der Waals surface area contributed by atoms with E-state index in [1.807, 2.05) is 13.8 Å². The minimum absolute atomic E-state index is 0.122. The molecule has 100 valence electrons. The predicted molar refractivity (Wildman–Crippen MR) is 60.8 cm³/mol. The number of carbonyl (C=O) groups excluding carboxylic acids is 1. The Morgan fingerprint density at radius 3 is 2.22 bits per heavy atom. The first kappa shape index (κ1) is 14.5. The van der Waals surface area contributed by atoms with Crippen LogP contribution in [0.1, 0.15) is 31.9 Å². The Morgan fingerprint density at radius 2 is 1.78 bits per heavy atom. The Balaban J connectivity index is 2.84. The van der Waals surface area contributed by atoms with Gasteiger partial charge in [-0.2, -0.15) is 13.2 Å². The summed E-state index contributed by atoms with van der Waals surface area (Å²) in [5.41, 5.74) is 0.573. The number of benzene rings is 1. The van der Waals surface area contributed by atoms with Crippen LogP contribution in [0, 0.1) is 5.92 Å². The lowest BCUT2D eigenvalue weighted by Crippen LogP contribution is -2.27. The maximum Gasteiger partial charge on any atom is 0.490 e. The second kappa shape index (κ2) is 5.89. The topological polar surface area (TPSA) is 26.3 Å². The number of ether oxygens (including phenoxy) is 1. The van der Waals surface area contributed by atoms with E-state index in [4.69, 9.17) is 0 Å². The maximum absolute atomic E-state index is 12.2. The number of hydrogen-bond acceptors (Lipinski definition) is 2. The number of halogens is 3. The Bertz CT molecular complexity index is 385. The molecule has 0 N–H and O–H groups in total. The minimum atomic E-state index is -4.95. The molecule has 0 saturated carbocycles. The van der Waals surface area contributed by atoms with Crippen LogP contribution < -0.4 is 0 Å². The summed E-state index contributed by atoms with van der Waals surface area (Å²) < 4.78 is 41.1. The molecular weight excluding hydrogens is 245 g/mol. The summed E-state index contributed by atoms with van der Waals surface area (Å²) in [6.45, 7) is 3.72.